The smallest absolute Gasteiger partial charge is 0.268 e. The summed E-state index contributed by atoms with van der Waals surface area (Å²) >= 11 is 1.35. The molecule has 0 unspecified atom stereocenters. The summed E-state index contributed by atoms with van der Waals surface area (Å²) in [5, 5.41) is 4.63. The topological polar surface area (TPSA) is 77.2 Å². The van der Waals surface area contributed by atoms with Crippen molar-refractivity contribution in [1.29, 1.82) is 0 Å². The van der Waals surface area contributed by atoms with Crippen molar-refractivity contribution >= 4 is 23.2 Å². The molecule has 0 aliphatic heterocycles. The number of carbonyl (C=O) groups is 1. The molecular formula is C21H17N3O3S. The minimum absolute atomic E-state index is 0.227. The standard InChI is InChI=1S/C21H17N3O3S/c1-14-5-2-3-6-17(14)27-12-15-11-19(28-13-15)20(25)24-21-22-9-8-16(23-21)18-7-4-10-26-18/h2-11,13H,12H2,1H3,(H,22,23,24,25). The van der Waals surface area contributed by atoms with Gasteiger partial charge in [-0.3, -0.25) is 10.1 Å². The highest BCUT2D eigenvalue weighted by molar-refractivity contribution is 7.12. The number of anilines is 1. The van der Waals surface area contributed by atoms with Crippen LogP contribution in [0.4, 0.5) is 5.95 Å². The maximum atomic E-state index is 12.5. The van der Waals surface area contributed by atoms with Crippen LogP contribution >= 0.6 is 11.3 Å². The van der Waals surface area contributed by atoms with Crippen molar-refractivity contribution in [3.8, 4) is 17.2 Å². The van der Waals surface area contributed by atoms with Crippen LogP contribution in [0.5, 0.6) is 5.75 Å². The van der Waals surface area contributed by atoms with Crippen LogP contribution in [-0.2, 0) is 6.61 Å². The lowest BCUT2D eigenvalue weighted by Gasteiger charge is -2.07. The number of aryl methyl sites for hydroxylation is 1. The molecule has 28 heavy (non-hydrogen) atoms. The third-order valence-corrected chi connectivity index (χ3v) is 5.00. The van der Waals surface area contributed by atoms with Gasteiger partial charge >= 0.3 is 0 Å². The van der Waals surface area contributed by atoms with Gasteiger partial charge in [0, 0.05) is 11.8 Å². The van der Waals surface area contributed by atoms with E-state index in [-0.39, 0.29) is 11.9 Å². The molecule has 3 aromatic heterocycles. The number of para-hydroxylation sites is 1. The molecule has 7 heteroatoms. The van der Waals surface area contributed by atoms with Crippen molar-refractivity contribution in [2.75, 3.05) is 5.32 Å². The number of aromatic nitrogens is 2. The van der Waals surface area contributed by atoms with Crippen molar-refractivity contribution in [3.63, 3.8) is 0 Å². The number of nitrogens with one attached hydrogen (secondary N) is 1. The summed E-state index contributed by atoms with van der Waals surface area (Å²) in [5.41, 5.74) is 2.61. The molecule has 0 radical (unpaired) electrons. The number of hydrogen-bond acceptors (Lipinski definition) is 6. The first kappa shape index (κ1) is 17.9. The molecule has 0 atom stereocenters. The molecule has 1 N–H and O–H groups in total. The molecule has 0 fully saturated rings. The van der Waals surface area contributed by atoms with Crippen LogP contribution in [0.1, 0.15) is 20.8 Å². The molecule has 3 heterocycles. The van der Waals surface area contributed by atoms with Gasteiger partial charge in [-0.2, -0.15) is 0 Å². The van der Waals surface area contributed by atoms with Gasteiger partial charge in [-0.25, -0.2) is 9.97 Å². The first-order valence-electron chi connectivity index (χ1n) is 8.63. The average Bonchev–Trinajstić information content (AvgIpc) is 3.40. The highest BCUT2D eigenvalue weighted by atomic mass is 32.1. The maximum absolute atomic E-state index is 12.5. The fraction of sp³-hybridized carbons (Fsp3) is 0.0952. The maximum Gasteiger partial charge on any atom is 0.268 e. The molecule has 6 nitrogen and oxygen atoms in total. The fourth-order valence-electron chi connectivity index (χ4n) is 2.59. The Bertz CT molecular complexity index is 1090. The SMILES string of the molecule is Cc1ccccc1OCc1csc(C(=O)Nc2nccc(-c3ccco3)n2)c1. The third-order valence-electron chi connectivity index (χ3n) is 4.02. The minimum Gasteiger partial charge on any atom is -0.489 e. The Labute approximate surface area is 165 Å². The molecule has 140 valence electrons. The van der Waals surface area contributed by atoms with Crippen LogP contribution < -0.4 is 10.1 Å². The number of thiophene rings is 1. The highest BCUT2D eigenvalue weighted by Gasteiger charge is 2.13. The normalized spacial score (nSPS) is 10.6. The minimum atomic E-state index is -0.260. The first-order chi connectivity index (χ1) is 13.7. The zero-order chi connectivity index (χ0) is 19.3. The summed E-state index contributed by atoms with van der Waals surface area (Å²) in [6.45, 7) is 2.40. The summed E-state index contributed by atoms with van der Waals surface area (Å²) in [6.07, 6.45) is 3.15. The summed E-state index contributed by atoms with van der Waals surface area (Å²) < 4.78 is 11.2. The van der Waals surface area contributed by atoms with Crippen LogP contribution in [0.3, 0.4) is 0 Å². The molecule has 0 aliphatic rings. The van der Waals surface area contributed by atoms with E-state index in [0.29, 0.717) is 22.9 Å². The van der Waals surface area contributed by atoms with Crippen molar-refractivity contribution in [2.45, 2.75) is 13.5 Å². The number of nitrogens with zero attached hydrogens (tertiary/aromatic N) is 2. The van der Waals surface area contributed by atoms with E-state index >= 15 is 0 Å². The van der Waals surface area contributed by atoms with E-state index in [1.807, 2.05) is 42.6 Å². The van der Waals surface area contributed by atoms with Gasteiger partial charge in [0.25, 0.3) is 5.91 Å². The van der Waals surface area contributed by atoms with Crippen molar-refractivity contribution in [3.05, 3.63) is 82.4 Å². The molecule has 1 amide bonds. The number of ether oxygens (including phenoxy) is 1. The monoisotopic (exact) mass is 391 g/mol. The Morgan fingerprint density at radius 3 is 2.93 bits per heavy atom. The lowest BCUT2D eigenvalue weighted by Crippen LogP contribution is -2.13. The molecule has 0 saturated heterocycles. The van der Waals surface area contributed by atoms with E-state index in [4.69, 9.17) is 9.15 Å². The van der Waals surface area contributed by atoms with Gasteiger partial charge in [0.05, 0.1) is 11.1 Å². The van der Waals surface area contributed by atoms with Gasteiger partial charge in [-0.05, 0) is 48.2 Å². The van der Waals surface area contributed by atoms with E-state index < -0.39 is 0 Å². The summed E-state index contributed by atoms with van der Waals surface area (Å²) in [6, 6.07) is 15.0. The molecular weight excluding hydrogens is 374 g/mol. The summed E-state index contributed by atoms with van der Waals surface area (Å²) in [4.78, 5) is 21.5. The van der Waals surface area contributed by atoms with E-state index in [1.54, 1.807) is 30.7 Å². The number of benzene rings is 1. The lowest BCUT2D eigenvalue weighted by molar-refractivity contribution is 0.102. The van der Waals surface area contributed by atoms with Gasteiger partial charge in [0.2, 0.25) is 5.95 Å². The molecule has 4 aromatic rings. The average molecular weight is 391 g/mol. The van der Waals surface area contributed by atoms with Gasteiger partial charge in [0.1, 0.15) is 18.1 Å². The summed E-state index contributed by atoms with van der Waals surface area (Å²) in [7, 11) is 0. The van der Waals surface area contributed by atoms with Gasteiger partial charge in [-0.1, -0.05) is 18.2 Å². The highest BCUT2D eigenvalue weighted by Crippen LogP contribution is 2.22. The molecule has 0 spiro atoms. The molecule has 0 saturated carbocycles. The Hall–Kier alpha value is -3.45. The van der Waals surface area contributed by atoms with E-state index in [2.05, 4.69) is 15.3 Å². The zero-order valence-corrected chi connectivity index (χ0v) is 15.9. The number of amides is 1. The number of carbonyl (C=O) groups excluding carboxylic acids is 1. The van der Waals surface area contributed by atoms with Gasteiger partial charge in [0.15, 0.2) is 5.76 Å². The lowest BCUT2D eigenvalue weighted by atomic mass is 10.2. The second kappa shape index (κ2) is 8.06. The predicted octanol–water partition coefficient (Wildman–Crippen LogP) is 4.94. The van der Waals surface area contributed by atoms with E-state index in [0.717, 1.165) is 16.9 Å². The van der Waals surface area contributed by atoms with Gasteiger partial charge < -0.3 is 9.15 Å². The van der Waals surface area contributed by atoms with Crippen LogP contribution in [0.2, 0.25) is 0 Å². The zero-order valence-electron chi connectivity index (χ0n) is 15.1. The van der Waals surface area contributed by atoms with Crippen molar-refractivity contribution in [2.24, 2.45) is 0 Å². The Balaban J connectivity index is 1.41. The van der Waals surface area contributed by atoms with Crippen LogP contribution in [0.15, 0.2) is 70.8 Å². The second-order valence-electron chi connectivity index (χ2n) is 6.07. The Kier molecular flexibility index (Phi) is 5.16. The quantitative estimate of drug-likeness (QED) is 0.504. The van der Waals surface area contributed by atoms with E-state index in [1.165, 1.54) is 11.3 Å². The largest absolute Gasteiger partial charge is 0.489 e. The first-order valence-corrected chi connectivity index (χ1v) is 9.51. The van der Waals surface area contributed by atoms with E-state index in [9.17, 15) is 4.79 Å². The molecule has 4 rings (SSSR count). The molecule has 0 bridgehead atoms. The Morgan fingerprint density at radius 1 is 1.21 bits per heavy atom. The van der Waals surface area contributed by atoms with Gasteiger partial charge in [-0.15, -0.1) is 11.3 Å². The second-order valence-corrected chi connectivity index (χ2v) is 6.98. The van der Waals surface area contributed by atoms with Crippen LogP contribution in [0.25, 0.3) is 11.5 Å². The fourth-order valence-corrected chi connectivity index (χ4v) is 3.39. The third kappa shape index (κ3) is 4.10. The number of hydrogen-bond donors (Lipinski definition) is 1. The number of furan rings is 1. The van der Waals surface area contributed by atoms with Crippen LogP contribution in [-0.4, -0.2) is 15.9 Å². The molecule has 0 aliphatic carbocycles. The van der Waals surface area contributed by atoms with Crippen molar-refractivity contribution < 1.29 is 13.9 Å². The Morgan fingerprint density at radius 2 is 2.11 bits per heavy atom. The molecule has 1 aromatic carbocycles. The predicted molar refractivity (Wildman–Crippen MR) is 108 cm³/mol. The van der Waals surface area contributed by atoms with Crippen molar-refractivity contribution in [1.82, 2.24) is 9.97 Å². The van der Waals surface area contributed by atoms with Crippen LogP contribution in [0, 0.1) is 6.92 Å². The number of rotatable bonds is 6. The summed E-state index contributed by atoms with van der Waals surface area (Å²) in [5.74, 6) is 1.42.